The van der Waals surface area contributed by atoms with E-state index in [9.17, 15) is 4.79 Å². The second-order valence-electron chi connectivity index (χ2n) is 6.77. The van der Waals surface area contributed by atoms with E-state index in [-0.39, 0.29) is 5.91 Å². The Hall–Kier alpha value is -2.00. The third-order valence-electron chi connectivity index (χ3n) is 5.19. The fraction of sp³-hybridized carbons (Fsp3) is 0.381. The van der Waals surface area contributed by atoms with Crippen LogP contribution in [-0.2, 0) is 16.8 Å². The van der Waals surface area contributed by atoms with Gasteiger partial charge in [-0.1, -0.05) is 54.8 Å². The molecule has 1 aliphatic rings. The first-order valence-electron chi connectivity index (χ1n) is 8.70. The summed E-state index contributed by atoms with van der Waals surface area (Å²) in [5.74, 6) is 0.933. The van der Waals surface area contributed by atoms with Gasteiger partial charge in [-0.3, -0.25) is 4.79 Å². The maximum Gasteiger partial charge on any atom is 0.233 e. The molecule has 2 aromatic rings. The first-order valence-corrected chi connectivity index (χ1v) is 9.08. The molecule has 1 amide bonds. The molecule has 25 heavy (non-hydrogen) atoms. The molecule has 0 unspecified atom stereocenters. The van der Waals surface area contributed by atoms with Gasteiger partial charge >= 0.3 is 0 Å². The van der Waals surface area contributed by atoms with Gasteiger partial charge in [0.2, 0.25) is 5.91 Å². The number of hydrogen-bond acceptors (Lipinski definition) is 2. The molecule has 1 aliphatic carbocycles. The van der Waals surface area contributed by atoms with Crippen LogP contribution in [0.25, 0.3) is 0 Å². The van der Waals surface area contributed by atoms with Crippen LogP contribution in [0, 0.1) is 0 Å². The van der Waals surface area contributed by atoms with Gasteiger partial charge in [0.15, 0.2) is 0 Å². The minimum Gasteiger partial charge on any atom is -0.496 e. The third-order valence-corrected chi connectivity index (χ3v) is 5.42. The van der Waals surface area contributed by atoms with Gasteiger partial charge in [0.05, 0.1) is 12.5 Å². The molecule has 0 N–H and O–H groups in total. The summed E-state index contributed by atoms with van der Waals surface area (Å²) in [5, 5.41) is 0.648. The fourth-order valence-corrected chi connectivity index (χ4v) is 4.12. The topological polar surface area (TPSA) is 29.5 Å². The Morgan fingerprint density at radius 1 is 1.16 bits per heavy atom. The summed E-state index contributed by atoms with van der Waals surface area (Å²) in [7, 11) is 3.50. The smallest absolute Gasteiger partial charge is 0.233 e. The molecule has 0 radical (unpaired) electrons. The van der Waals surface area contributed by atoms with Crippen LogP contribution >= 0.6 is 11.6 Å². The summed E-state index contributed by atoms with van der Waals surface area (Å²) in [4.78, 5) is 15.2. The Balaban J connectivity index is 1.87. The van der Waals surface area contributed by atoms with Crippen LogP contribution in [0.2, 0.25) is 5.02 Å². The van der Waals surface area contributed by atoms with Crippen LogP contribution in [0.4, 0.5) is 0 Å². The normalized spacial score (nSPS) is 15.8. The Labute approximate surface area is 154 Å². The van der Waals surface area contributed by atoms with Gasteiger partial charge in [0, 0.05) is 24.2 Å². The Morgan fingerprint density at radius 3 is 2.48 bits per heavy atom. The van der Waals surface area contributed by atoms with Gasteiger partial charge in [0.1, 0.15) is 5.75 Å². The van der Waals surface area contributed by atoms with Gasteiger partial charge in [-0.25, -0.2) is 0 Å². The second-order valence-corrected chi connectivity index (χ2v) is 7.21. The van der Waals surface area contributed by atoms with Crippen LogP contribution in [0.5, 0.6) is 5.75 Å². The van der Waals surface area contributed by atoms with Crippen molar-refractivity contribution < 1.29 is 9.53 Å². The molecule has 0 atom stereocenters. The summed E-state index contributed by atoms with van der Waals surface area (Å²) >= 11 is 6.13. The van der Waals surface area contributed by atoms with Crippen molar-refractivity contribution in [1.82, 2.24) is 4.90 Å². The predicted molar refractivity (Wildman–Crippen MR) is 101 cm³/mol. The number of hydrogen-bond donors (Lipinski definition) is 0. The summed E-state index contributed by atoms with van der Waals surface area (Å²) in [6.45, 7) is 0.483. The fourth-order valence-electron chi connectivity index (χ4n) is 3.93. The van der Waals surface area contributed by atoms with Gasteiger partial charge in [0.25, 0.3) is 0 Å². The number of benzene rings is 2. The highest BCUT2D eigenvalue weighted by molar-refractivity contribution is 6.30. The third kappa shape index (κ3) is 3.52. The van der Waals surface area contributed by atoms with Crippen LogP contribution < -0.4 is 4.74 Å². The van der Waals surface area contributed by atoms with Crippen molar-refractivity contribution in [3.8, 4) is 5.75 Å². The number of nitrogens with zero attached hydrogens (tertiary/aromatic N) is 1. The highest BCUT2D eigenvalue weighted by atomic mass is 35.5. The SMILES string of the molecule is COc1ccc(Cl)cc1CN(C)C(=O)C1(c2ccccc2)CCCC1. The molecule has 1 fully saturated rings. The van der Waals surface area contributed by atoms with Crippen LogP contribution in [-0.4, -0.2) is 25.0 Å². The van der Waals surface area contributed by atoms with Crippen LogP contribution in [0.3, 0.4) is 0 Å². The van der Waals surface area contributed by atoms with E-state index in [0.717, 1.165) is 42.6 Å². The maximum atomic E-state index is 13.4. The lowest BCUT2D eigenvalue weighted by Crippen LogP contribution is -2.43. The van der Waals surface area contributed by atoms with Crippen LogP contribution in [0.15, 0.2) is 48.5 Å². The van der Waals surface area contributed by atoms with E-state index in [1.165, 1.54) is 0 Å². The van der Waals surface area contributed by atoms with Crippen molar-refractivity contribution in [1.29, 1.82) is 0 Å². The highest BCUT2D eigenvalue weighted by Gasteiger charge is 2.44. The Bertz CT molecular complexity index is 739. The summed E-state index contributed by atoms with van der Waals surface area (Å²) in [5.41, 5.74) is 1.65. The molecule has 0 spiro atoms. The highest BCUT2D eigenvalue weighted by Crippen LogP contribution is 2.42. The number of ether oxygens (including phenoxy) is 1. The molecule has 0 aliphatic heterocycles. The maximum absolute atomic E-state index is 13.4. The molecule has 3 nitrogen and oxygen atoms in total. The summed E-state index contributed by atoms with van der Waals surface area (Å²) in [6.07, 6.45) is 4.00. The molecule has 0 bridgehead atoms. The Kier molecular flexibility index (Phi) is 5.33. The molecule has 4 heteroatoms. The molecule has 1 saturated carbocycles. The molecule has 3 rings (SSSR count). The van der Waals surface area contributed by atoms with Crippen molar-refractivity contribution in [3.05, 3.63) is 64.7 Å². The first kappa shape index (κ1) is 17.8. The van der Waals surface area contributed by atoms with Crippen molar-refractivity contribution >= 4 is 17.5 Å². The van der Waals surface area contributed by atoms with Crippen molar-refractivity contribution in [2.24, 2.45) is 0 Å². The first-order chi connectivity index (χ1) is 12.1. The summed E-state index contributed by atoms with van der Waals surface area (Å²) < 4.78 is 5.42. The number of rotatable bonds is 5. The number of halogens is 1. The number of carbonyl (C=O) groups is 1. The number of methoxy groups -OCH3 is 1. The molecule has 0 heterocycles. The van der Waals surface area contributed by atoms with E-state index in [4.69, 9.17) is 16.3 Å². The zero-order valence-corrected chi connectivity index (χ0v) is 15.6. The van der Waals surface area contributed by atoms with Gasteiger partial charge in [-0.05, 0) is 36.6 Å². The predicted octanol–water partition coefficient (Wildman–Crippen LogP) is 4.82. The van der Waals surface area contributed by atoms with Crippen molar-refractivity contribution in [3.63, 3.8) is 0 Å². The second kappa shape index (κ2) is 7.49. The van der Waals surface area contributed by atoms with E-state index in [2.05, 4.69) is 12.1 Å². The molecule has 0 saturated heterocycles. The minimum atomic E-state index is -0.401. The number of carbonyl (C=O) groups excluding carboxylic acids is 1. The van der Waals surface area contributed by atoms with Gasteiger partial charge in [-0.15, -0.1) is 0 Å². The minimum absolute atomic E-state index is 0.179. The molecule has 132 valence electrons. The molecular formula is C21H24ClNO2. The van der Waals surface area contributed by atoms with Gasteiger partial charge < -0.3 is 9.64 Å². The van der Waals surface area contributed by atoms with Crippen LogP contribution in [0.1, 0.15) is 36.8 Å². The monoisotopic (exact) mass is 357 g/mol. The lowest BCUT2D eigenvalue weighted by atomic mass is 9.77. The largest absolute Gasteiger partial charge is 0.496 e. The van der Waals surface area contributed by atoms with E-state index >= 15 is 0 Å². The zero-order valence-electron chi connectivity index (χ0n) is 14.8. The average molecular weight is 358 g/mol. The van der Waals surface area contributed by atoms with Gasteiger partial charge in [-0.2, -0.15) is 0 Å². The molecule has 2 aromatic carbocycles. The quantitative estimate of drug-likeness (QED) is 0.767. The lowest BCUT2D eigenvalue weighted by molar-refractivity contribution is -0.136. The lowest BCUT2D eigenvalue weighted by Gasteiger charge is -2.33. The van der Waals surface area contributed by atoms with Crippen molar-refractivity contribution in [2.45, 2.75) is 37.6 Å². The summed E-state index contributed by atoms with van der Waals surface area (Å²) in [6, 6.07) is 15.7. The standard InChI is InChI=1S/C21H24ClNO2/c1-23(15-16-14-18(22)10-11-19(16)25-2)20(24)21(12-6-7-13-21)17-8-4-3-5-9-17/h3-5,8-11,14H,6-7,12-13,15H2,1-2H3. The number of likely N-dealkylation sites (N-methyl/N-ethyl adjacent to an activating group) is 1. The molecular weight excluding hydrogens is 334 g/mol. The average Bonchev–Trinajstić information content (AvgIpc) is 3.13. The number of amides is 1. The van der Waals surface area contributed by atoms with E-state index in [1.807, 2.05) is 42.3 Å². The van der Waals surface area contributed by atoms with Crippen molar-refractivity contribution in [2.75, 3.05) is 14.2 Å². The van der Waals surface area contributed by atoms with E-state index in [1.54, 1.807) is 13.2 Å². The molecule has 0 aromatic heterocycles. The Morgan fingerprint density at radius 2 is 1.84 bits per heavy atom. The zero-order chi connectivity index (χ0) is 17.9. The van der Waals surface area contributed by atoms with E-state index in [0.29, 0.717) is 11.6 Å². The van der Waals surface area contributed by atoms with E-state index < -0.39 is 5.41 Å².